The van der Waals surface area contributed by atoms with E-state index in [9.17, 15) is 9.90 Å². The Hall–Kier alpha value is -1.39. The number of hydrogen-bond acceptors (Lipinski definition) is 3. The minimum absolute atomic E-state index is 0.118. The maximum absolute atomic E-state index is 11.3. The number of hydrogen-bond donors (Lipinski definition) is 2. The van der Waals surface area contributed by atoms with Crippen molar-refractivity contribution in [3.63, 3.8) is 0 Å². The van der Waals surface area contributed by atoms with E-state index in [-0.39, 0.29) is 12.5 Å². The summed E-state index contributed by atoms with van der Waals surface area (Å²) in [5.74, 6) is -1.08. The molecule has 0 aliphatic carbocycles. The summed E-state index contributed by atoms with van der Waals surface area (Å²) >= 11 is 0. The molecule has 0 aliphatic heterocycles. The summed E-state index contributed by atoms with van der Waals surface area (Å²) in [4.78, 5) is 11.3. The second kappa shape index (κ2) is 7.92. The van der Waals surface area contributed by atoms with E-state index in [4.69, 9.17) is 9.84 Å². The summed E-state index contributed by atoms with van der Waals surface area (Å²) in [6.45, 7) is 4.26. The van der Waals surface area contributed by atoms with Crippen molar-refractivity contribution in [1.29, 1.82) is 0 Å². The molecule has 2 N–H and O–H groups in total. The predicted octanol–water partition coefficient (Wildman–Crippen LogP) is 2.20. The van der Waals surface area contributed by atoms with Gasteiger partial charge in [-0.05, 0) is 30.9 Å². The zero-order chi connectivity index (χ0) is 14.3. The third kappa shape index (κ3) is 4.33. The Morgan fingerprint density at radius 2 is 1.89 bits per heavy atom. The number of benzene rings is 1. The Labute approximate surface area is 114 Å². The van der Waals surface area contributed by atoms with Gasteiger partial charge in [-0.25, -0.2) is 4.79 Å². The van der Waals surface area contributed by atoms with Gasteiger partial charge >= 0.3 is 5.97 Å². The van der Waals surface area contributed by atoms with Crippen LogP contribution in [0.4, 0.5) is 0 Å². The average Bonchev–Trinajstić information content (AvgIpc) is 2.40. The second-order valence-corrected chi connectivity index (χ2v) is 4.44. The zero-order valence-electron chi connectivity index (χ0n) is 11.5. The van der Waals surface area contributed by atoms with Crippen molar-refractivity contribution in [2.45, 2.75) is 38.7 Å². The first kappa shape index (κ1) is 15.7. The van der Waals surface area contributed by atoms with Crippen molar-refractivity contribution in [1.82, 2.24) is 0 Å². The molecule has 1 aromatic rings. The molecule has 0 aromatic heterocycles. The number of carboxylic acid groups (broad SMARTS) is 1. The molecule has 0 bridgehead atoms. The van der Waals surface area contributed by atoms with E-state index >= 15 is 0 Å². The maximum atomic E-state index is 11.3. The van der Waals surface area contributed by atoms with Gasteiger partial charge in [-0.1, -0.05) is 31.2 Å². The lowest BCUT2D eigenvalue weighted by Gasteiger charge is -2.23. The van der Waals surface area contributed by atoms with E-state index in [0.29, 0.717) is 19.4 Å². The van der Waals surface area contributed by atoms with Crippen LogP contribution in [0.25, 0.3) is 0 Å². The third-order valence-electron chi connectivity index (χ3n) is 3.20. The zero-order valence-corrected chi connectivity index (χ0v) is 11.5. The highest BCUT2D eigenvalue weighted by atomic mass is 16.5. The van der Waals surface area contributed by atoms with Crippen molar-refractivity contribution >= 4 is 5.97 Å². The molecule has 0 amide bonds. The monoisotopic (exact) mass is 266 g/mol. The highest BCUT2D eigenvalue weighted by Crippen LogP contribution is 2.26. The number of ether oxygens (including phenoxy) is 1. The highest BCUT2D eigenvalue weighted by molar-refractivity contribution is 5.73. The third-order valence-corrected chi connectivity index (χ3v) is 3.20. The first-order chi connectivity index (χ1) is 9.13. The second-order valence-electron chi connectivity index (χ2n) is 4.44. The molecule has 2 atom stereocenters. The van der Waals surface area contributed by atoms with Gasteiger partial charge in [0, 0.05) is 19.1 Å². The van der Waals surface area contributed by atoms with E-state index in [1.807, 2.05) is 31.2 Å². The Morgan fingerprint density at radius 1 is 1.26 bits per heavy atom. The van der Waals surface area contributed by atoms with E-state index in [1.54, 1.807) is 6.92 Å². The Balaban J connectivity index is 2.91. The Morgan fingerprint density at radius 3 is 2.32 bits per heavy atom. The number of carboxylic acids is 1. The van der Waals surface area contributed by atoms with Crippen molar-refractivity contribution in [3.8, 4) is 0 Å². The molecule has 0 heterocycles. The van der Waals surface area contributed by atoms with Crippen molar-refractivity contribution in [2.75, 3.05) is 13.2 Å². The van der Waals surface area contributed by atoms with E-state index in [2.05, 4.69) is 0 Å². The van der Waals surface area contributed by atoms with E-state index < -0.39 is 12.1 Å². The molecule has 4 heteroatoms. The quantitative estimate of drug-likeness (QED) is 0.757. The standard InChI is InChI=1S/C15H22O4/c1-3-13(14(15(17)18)19-4-2)12-7-5-11(6-8-12)9-10-16/h5-8,13-14,16H,3-4,9-10H2,1-2H3,(H,17,18)/t13?,14-/m0/s1. The molecule has 106 valence electrons. The van der Waals surface area contributed by atoms with Crippen LogP contribution < -0.4 is 0 Å². The van der Waals surface area contributed by atoms with Gasteiger partial charge in [0.25, 0.3) is 0 Å². The van der Waals surface area contributed by atoms with Crippen LogP contribution in [0, 0.1) is 0 Å². The van der Waals surface area contributed by atoms with Crippen molar-refractivity contribution < 1.29 is 19.7 Å². The smallest absolute Gasteiger partial charge is 0.333 e. The maximum Gasteiger partial charge on any atom is 0.333 e. The first-order valence-corrected chi connectivity index (χ1v) is 6.68. The van der Waals surface area contributed by atoms with Gasteiger partial charge in [-0.15, -0.1) is 0 Å². The molecular weight excluding hydrogens is 244 g/mol. The van der Waals surface area contributed by atoms with Gasteiger partial charge in [-0.3, -0.25) is 0 Å². The lowest BCUT2D eigenvalue weighted by molar-refractivity contribution is -0.151. The number of aliphatic hydroxyl groups is 1. The molecule has 0 radical (unpaired) electrons. The fourth-order valence-electron chi connectivity index (χ4n) is 2.22. The summed E-state index contributed by atoms with van der Waals surface area (Å²) in [5.41, 5.74) is 2.01. The molecular formula is C15H22O4. The predicted molar refractivity (Wildman–Crippen MR) is 73.3 cm³/mol. The topological polar surface area (TPSA) is 66.8 Å². The minimum Gasteiger partial charge on any atom is -0.479 e. The summed E-state index contributed by atoms with van der Waals surface area (Å²) in [6.07, 6.45) is 0.514. The van der Waals surface area contributed by atoms with Crippen molar-refractivity contribution in [3.05, 3.63) is 35.4 Å². The van der Waals surface area contributed by atoms with Crippen LogP contribution in [0.5, 0.6) is 0 Å². The molecule has 1 rings (SSSR count). The number of rotatable bonds is 8. The number of carbonyl (C=O) groups is 1. The number of aliphatic carboxylic acids is 1. The number of aliphatic hydroxyl groups excluding tert-OH is 1. The molecule has 0 aliphatic rings. The lowest BCUT2D eigenvalue weighted by atomic mass is 9.90. The van der Waals surface area contributed by atoms with E-state index in [1.165, 1.54) is 0 Å². The molecule has 1 unspecified atom stereocenters. The van der Waals surface area contributed by atoms with Gasteiger partial charge in [0.2, 0.25) is 0 Å². The highest BCUT2D eigenvalue weighted by Gasteiger charge is 2.28. The van der Waals surface area contributed by atoms with Crippen LogP contribution in [-0.4, -0.2) is 35.5 Å². The summed E-state index contributed by atoms with van der Waals surface area (Å²) in [7, 11) is 0. The molecule has 19 heavy (non-hydrogen) atoms. The first-order valence-electron chi connectivity index (χ1n) is 6.68. The summed E-state index contributed by atoms with van der Waals surface area (Å²) in [6, 6.07) is 7.71. The molecule has 0 saturated heterocycles. The SMILES string of the molecule is CCO[C@H](C(=O)O)C(CC)c1ccc(CCO)cc1. The molecule has 1 aromatic carbocycles. The van der Waals surface area contributed by atoms with E-state index in [0.717, 1.165) is 11.1 Å². The van der Waals surface area contributed by atoms with Crippen LogP contribution >= 0.6 is 0 Å². The van der Waals surface area contributed by atoms with Crippen molar-refractivity contribution in [2.24, 2.45) is 0 Å². The van der Waals surface area contributed by atoms with Crippen LogP contribution in [0.15, 0.2) is 24.3 Å². The Bertz CT molecular complexity index is 386. The van der Waals surface area contributed by atoms with Crippen LogP contribution in [0.2, 0.25) is 0 Å². The van der Waals surface area contributed by atoms with Gasteiger partial charge in [0.1, 0.15) is 0 Å². The molecule has 0 saturated carbocycles. The van der Waals surface area contributed by atoms with Gasteiger partial charge in [0.05, 0.1) is 0 Å². The molecule has 4 nitrogen and oxygen atoms in total. The molecule has 0 spiro atoms. The summed E-state index contributed by atoms with van der Waals surface area (Å²) in [5, 5.41) is 18.1. The largest absolute Gasteiger partial charge is 0.479 e. The van der Waals surface area contributed by atoms with Gasteiger partial charge in [0.15, 0.2) is 6.10 Å². The summed E-state index contributed by atoms with van der Waals surface area (Å²) < 4.78 is 5.35. The van der Waals surface area contributed by atoms with Crippen LogP contribution in [-0.2, 0) is 16.0 Å². The average molecular weight is 266 g/mol. The van der Waals surface area contributed by atoms with Crippen LogP contribution in [0.1, 0.15) is 37.3 Å². The fourth-order valence-corrected chi connectivity index (χ4v) is 2.22. The van der Waals surface area contributed by atoms with Crippen LogP contribution in [0.3, 0.4) is 0 Å². The fraction of sp³-hybridized carbons (Fsp3) is 0.533. The van der Waals surface area contributed by atoms with Gasteiger partial charge < -0.3 is 14.9 Å². The minimum atomic E-state index is -0.923. The lowest BCUT2D eigenvalue weighted by Crippen LogP contribution is -2.30. The van der Waals surface area contributed by atoms with Gasteiger partial charge in [-0.2, -0.15) is 0 Å². The Kier molecular flexibility index (Phi) is 6.53. The normalized spacial score (nSPS) is 14.1. The molecule has 0 fully saturated rings.